The molecule has 0 saturated heterocycles. The molecule has 1 rings (SSSR count). The van der Waals surface area contributed by atoms with Gasteiger partial charge in [-0.25, -0.2) is 4.99 Å². The lowest BCUT2D eigenvalue weighted by molar-refractivity contribution is 0.406. The van der Waals surface area contributed by atoms with Crippen LogP contribution in [0.4, 0.5) is 5.69 Å². The highest BCUT2D eigenvalue weighted by Gasteiger charge is 1.96. The summed E-state index contributed by atoms with van der Waals surface area (Å²) in [6, 6.07) is 7.53. The number of hydrogen-bond acceptors (Lipinski definition) is 3. The van der Waals surface area contributed by atoms with E-state index in [9.17, 15) is 0 Å². The van der Waals surface area contributed by atoms with Gasteiger partial charge >= 0.3 is 0 Å². The van der Waals surface area contributed by atoms with E-state index in [1.165, 1.54) is 0 Å². The van der Waals surface area contributed by atoms with Crippen molar-refractivity contribution in [3.8, 4) is 5.75 Å². The van der Waals surface area contributed by atoms with Gasteiger partial charge < -0.3 is 9.47 Å². The van der Waals surface area contributed by atoms with Gasteiger partial charge in [-0.05, 0) is 36.3 Å². The van der Waals surface area contributed by atoms with Crippen molar-refractivity contribution in [2.24, 2.45) is 10.9 Å². The quantitative estimate of drug-likeness (QED) is 0.588. The molecule has 0 fully saturated rings. The van der Waals surface area contributed by atoms with Crippen LogP contribution in [0.1, 0.15) is 13.8 Å². The molecule has 0 saturated carbocycles. The van der Waals surface area contributed by atoms with E-state index in [1.54, 1.807) is 14.2 Å². The molecule has 17 heavy (non-hydrogen) atoms. The SMILES string of the molecule is COC(/C=C/C(C)C)=Nc1ccc(OC)cc1. The highest BCUT2D eigenvalue weighted by Crippen LogP contribution is 2.18. The molecule has 0 spiro atoms. The van der Waals surface area contributed by atoms with E-state index < -0.39 is 0 Å². The summed E-state index contributed by atoms with van der Waals surface area (Å²) in [5.41, 5.74) is 0.844. The van der Waals surface area contributed by atoms with E-state index >= 15 is 0 Å². The molecule has 0 atom stereocenters. The summed E-state index contributed by atoms with van der Waals surface area (Å²) >= 11 is 0. The van der Waals surface area contributed by atoms with E-state index in [1.807, 2.05) is 36.4 Å². The van der Waals surface area contributed by atoms with Gasteiger partial charge in [0.2, 0.25) is 5.90 Å². The second-order valence-electron chi connectivity index (χ2n) is 3.96. The number of hydrogen-bond donors (Lipinski definition) is 0. The summed E-state index contributed by atoms with van der Waals surface area (Å²) < 4.78 is 10.3. The summed E-state index contributed by atoms with van der Waals surface area (Å²) in [5.74, 6) is 1.90. The van der Waals surface area contributed by atoms with Gasteiger partial charge in [0, 0.05) is 0 Å². The minimum atomic E-state index is 0.478. The standard InChI is InChI=1S/C14H19NO2/c1-11(2)5-10-14(17-4)15-12-6-8-13(16-3)9-7-12/h5-11H,1-4H3/b10-5+,15-14?. The van der Waals surface area contributed by atoms with E-state index in [0.29, 0.717) is 11.8 Å². The smallest absolute Gasteiger partial charge is 0.213 e. The number of nitrogens with zero attached hydrogens (tertiary/aromatic N) is 1. The van der Waals surface area contributed by atoms with Crippen molar-refractivity contribution in [2.75, 3.05) is 14.2 Å². The lowest BCUT2D eigenvalue weighted by Gasteiger charge is -2.02. The van der Waals surface area contributed by atoms with Crippen LogP contribution in [0.25, 0.3) is 0 Å². The van der Waals surface area contributed by atoms with Crippen molar-refractivity contribution in [1.82, 2.24) is 0 Å². The van der Waals surface area contributed by atoms with Gasteiger partial charge in [-0.1, -0.05) is 19.9 Å². The maximum atomic E-state index is 5.19. The van der Waals surface area contributed by atoms with Gasteiger partial charge in [0.1, 0.15) is 5.75 Å². The fourth-order valence-electron chi connectivity index (χ4n) is 1.21. The van der Waals surface area contributed by atoms with E-state index in [-0.39, 0.29) is 0 Å². The van der Waals surface area contributed by atoms with Crippen molar-refractivity contribution in [3.05, 3.63) is 36.4 Å². The fraction of sp³-hybridized carbons (Fsp3) is 0.357. The molecule has 0 amide bonds. The largest absolute Gasteiger partial charge is 0.497 e. The molecule has 0 aromatic heterocycles. The Bertz CT molecular complexity index is 391. The monoisotopic (exact) mass is 233 g/mol. The summed E-state index contributed by atoms with van der Waals surface area (Å²) in [4.78, 5) is 4.38. The second-order valence-corrected chi connectivity index (χ2v) is 3.96. The topological polar surface area (TPSA) is 30.8 Å². The zero-order valence-corrected chi connectivity index (χ0v) is 10.8. The molecule has 0 aliphatic heterocycles. The van der Waals surface area contributed by atoms with E-state index in [4.69, 9.17) is 9.47 Å². The molecule has 0 N–H and O–H groups in total. The Kier molecular flexibility index (Phi) is 5.27. The lowest BCUT2D eigenvalue weighted by atomic mass is 10.2. The van der Waals surface area contributed by atoms with Gasteiger partial charge in [0.15, 0.2) is 0 Å². The normalized spacial score (nSPS) is 12.2. The van der Waals surface area contributed by atoms with Crippen LogP contribution in [0.5, 0.6) is 5.75 Å². The highest BCUT2D eigenvalue weighted by molar-refractivity contribution is 5.89. The summed E-state index contributed by atoms with van der Waals surface area (Å²) in [7, 11) is 3.26. The van der Waals surface area contributed by atoms with Crippen molar-refractivity contribution < 1.29 is 9.47 Å². The van der Waals surface area contributed by atoms with Crippen LogP contribution in [-0.2, 0) is 4.74 Å². The highest BCUT2D eigenvalue weighted by atomic mass is 16.5. The zero-order chi connectivity index (χ0) is 12.7. The Balaban J connectivity index is 2.82. The molecule has 1 aromatic carbocycles. The van der Waals surface area contributed by atoms with Crippen molar-refractivity contribution >= 4 is 11.6 Å². The Morgan fingerprint density at radius 1 is 1.18 bits per heavy atom. The average molecular weight is 233 g/mol. The molecule has 0 aliphatic rings. The van der Waals surface area contributed by atoms with E-state index in [2.05, 4.69) is 18.8 Å². The van der Waals surface area contributed by atoms with Crippen LogP contribution < -0.4 is 4.74 Å². The predicted molar refractivity (Wildman–Crippen MR) is 71.1 cm³/mol. The van der Waals surface area contributed by atoms with Gasteiger partial charge in [-0.2, -0.15) is 0 Å². The summed E-state index contributed by atoms with van der Waals surface area (Å²) in [5, 5.41) is 0. The molecule has 3 heteroatoms. The third-order valence-corrected chi connectivity index (χ3v) is 2.14. The van der Waals surface area contributed by atoms with Crippen molar-refractivity contribution in [2.45, 2.75) is 13.8 Å². The molecule has 1 aromatic rings. The average Bonchev–Trinajstić information content (AvgIpc) is 2.35. The Labute approximate surface area is 103 Å². The van der Waals surface area contributed by atoms with Crippen LogP contribution in [0, 0.1) is 5.92 Å². The Morgan fingerprint density at radius 2 is 1.82 bits per heavy atom. The second kappa shape index (κ2) is 6.74. The third kappa shape index (κ3) is 4.72. The molecular formula is C14H19NO2. The fourth-order valence-corrected chi connectivity index (χ4v) is 1.21. The predicted octanol–water partition coefficient (Wildman–Crippen LogP) is 3.58. The Morgan fingerprint density at radius 3 is 2.29 bits per heavy atom. The maximum absolute atomic E-state index is 5.19. The number of ether oxygens (including phenoxy) is 2. The molecule has 0 heterocycles. The number of benzene rings is 1. The zero-order valence-electron chi connectivity index (χ0n) is 10.8. The van der Waals surface area contributed by atoms with Crippen LogP contribution in [0.15, 0.2) is 41.4 Å². The summed E-state index contributed by atoms with van der Waals surface area (Å²) in [6.07, 6.45) is 3.93. The minimum Gasteiger partial charge on any atom is -0.497 e. The van der Waals surface area contributed by atoms with E-state index in [0.717, 1.165) is 11.4 Å². The van der Waals surface area contributed by atoms with Crippen LogP contribution in [0.3, 0.4) is 0 Å². The first-order chi connectivity index (χ1) is 8.15. The first kappa shape index (κ1) is 13.3. The number of methoxy groups -OCH3 is 2. The Hall–Kier alpha value is -1.77. The molecule has 0 aliphatic carbocycles. The van der Waals surface area contributed by atoms with Crippen molar-refractivity contribution in [1.29, 1.82) is 0 Å². The molecule has 0 radical (unpaired) electrons. The van der Waals surface area contributed by atoms with Crippen LogP contribution in [-0.4, -0.2) is 20.1 Å². The molecular weight excluding hydrogens is 214 g/mol. The lowest BCUT2D eigenvalue weighted by Crippen LogP contribution is -1.96. The first-order valence-electron chi connectivity index (χ1n) is 5.60. The molecule has 0 unspecified atom stereocenters. The van der Waals surface area contributed by atoms with Gasteiger partial charge in [-0.3, -0.25) is 0 Å². The number of rotatable bonds is 4. The number of allylic oxidation sites excluding steroid dienone is 1. The van der Waals surface area contributed by atoms with Crippen molar-refractivity contribution in [3.63, 3.8) is 0 Å². The van der Waals surface area contributed by atoms with Crippen LogP contribution >= 0.6 is 0 Å². The minimum absolute atomic E-state index is 0.478. The maximum Gasteiger partial charge on any atom is 0.213 e. The summed E-state index contributed by atoms with van der Waals surface area (Å²) in [6.45, 7) is 4.22. The van der Waals surface area contributed by atoms with Gasteiger partial charge in [0.05, 0.1) is 19.9 Å². The number of aliphatic imine (C=N–C) groups is 1. The molecule has 3 nitrogen and oxygen atoms in total. The first-order valence-corrected chi connectivity index (χ1v) is 5.60. The molecule has 0 bridgehead atoms. The van der Waals surface area contributed by atoms with Gasteiger partial charge in [0.25, 0.3) is 0 Å². The molecule has 92 valence electrons. The third-order valence-electron chi connectivity index (χ3n) is 2.14. The van der Waals surface area contributed by atoms with Crippen LogP contribution in [0.2, 0.25) is 0 Å². The van der Waals surface area contributed by atoms with Gasteiger partial charge in [-0.15, -0.1) is 0 Å².